The van der Waals surface area contributed by atoms with Crippen molar-refractivity contribution in [2.24, 2.45) is 11.3 Å². The number of carbonyl (C=O) groups is 1. The first-order valence-corrected chi connectivity index (χ1v) is 9.32. The van der Waals surface area contributed by atoms with Gasteiger partial charge in [-0.05, 0) is 18.8 Å². The molecule has 2 atom stereocenters. The molecular weight excluding hydrogens is 387 g/mol. The lowest BCUT2D eigenvalue weighted by molar-refractivity contribution is -0.427. The molecule has 162 valence electrons. The minimum absolute atomic E-state index is 0.257. The van der Waals surface area contributed by atoms with Crippen LogP contribution >= 0.6 is 0 Å². The fourth-order valence-electron chi connectivity index (χ4n) is 3.86. The van der Waals surface area contributed by atoms with Crippen molar-refractivity contribution < 1.29 is 41.0 Å². The van der Waals surface area contributed by atoms with Gasteiger partial charge in [-0.15, -0.1) is 0 Å². The van der Waals surface area contributed by atoms with Gasteiger partial charge in [-0.3, -0.25) is 0 Å². The third-order valence-corrected chi connectivity index (χ3v) is 5.67. The molecule has 1 aliphatic carbocycles. The predicted octanol–water partition coefficient (Wildman–Crippen LogP) is 5.02. The number of ether oxygens (including phenoxy) is 3. The minimum Gasteiger partial charge on any atom is -0.446 e. The molecule has 1 heterocycles. The molecule has 0 aromatic rings. The molecule has 9 heteroatoms. The summed E-state index contributed by atoms with van der Waals surface area (Å²) in [4.78, 5) is 11.7. The summed E-state index contributed by atoms with van der Waals surface area (Å²) in [5, 5.41) is 0. The number of halogens is 5. The number of esters is 1. The molecule has 0 aromatic carbocycles. The second-order valence-electron chi connectivity index (χ2n) is 8.49. The number of hydrogen-bond donors (Lipinski definition) is 0. The highest BCUT2D eigenvalue weighted by Gasteiger charge is 2.87. The van der Waals surface area contributed by atoms with Gasteiger partial charge in [0, 0.05) is 11.5 Å². The van der Waals surface area contributed by atoms with Crippen LogP contribution in [0.15, 0.2) is 12.7 Å². The summed E-state index contributed by atoms with van der Waals surface area (Å²) in [6.45, 7) is 5.24. The smallest absolute Gasteiger partial charge is 0.446 e. The van der Waals surface area contributed by atoms with Crippen molar-refractivity contribution >= 4 is 5.97 Å². The molecular formula is C19H27F5O4. The number of carbonyl (C=O) groups excluding carboxylic acids is 1. The first-order valence-electron chi connectivity index (χ1n) is 9.32. The SMILES string of the molecule is C=CC(=O)OC1(C(C)(C)C)COC(OCC2CCCCC2)(C(F)(F)F)C1(F)F. The summed E-state index contributed by atoms with van der Waals surface area (Å²) in [7, 11) is 0. The average molecular weight is 414 g/mol. The number of alkyl halides is 5. The average Bonchev–Trinajstić information content (AvgIpc) is 2.82. The standard InChI is InChI=1S/C19H27F5O4/c1-5-14(25)28-16(15(2,3)4)12-27-18(17(16,20)21,19(22,23)24)26-11-13-9-7-6-8-10-13/h5,13H,1,6-12H2,2-4H3. The largest absolute Gasteiger partial charge is 0.450 e. The molecule has 2 fully saturated rings. The van der Waals surface area contributed by atoms with Crippen LogP contribution in [0.4, 0.5) is 22.0 Å². The highest BCUT2D eigenvalue weighted by atomic mass is 19.4. The van der Waals surface area contributed by atoms with Crippen LogP contribution < -0.4 is 0 Å². The van der Waals surface area contributed by atoms with Crippen LogP contribution in [0.1, 0.15) is 52.9 Å². The van der Waals surface area contributed by atoms with Gasteiger partial charge in [-0.2, -0.15) is 22.0 Å². The maximum atomic E-state index is 15.5. The second kappa shape index (κ2) is 7.55. The molecule has 1 saturated carbocycles. The summed E-state index contributed by atoms with van der Waals surface area (Å²) < 4.78 is 87.3. The summed E-state index contributed by atoms with van der Waals surface area (Å²) in [5.74, 6) is -10.4. The van der Waals surface area contributed by atoms with E-state index in [1.165, 1.54) is 20.8 Å². The number of hydrogen-bond acceptors (Lipinski definition) is 4. The first-order chi connectivity index (χ1) is 12.7. The van der Waals surface area contributed by atoms with E-state index in [0.717, 1.165) is 19.3 Å². The second-order valence-corrected chi connectivity index (χ2v) is 8.49. The Labute approximate surface area is 161 Å². The van der Waals surface area contributed by atoms with Crippen LogP contribution in [-0.2, 0) is 19.0 Å². The zero-order chi connectivity index (χ0) is 21.4. The lowest BCUT2D eigenvalue weighted by atomic mass is 9.71. The summed E-state index contributed by atoms with van der Waals surface area (Å²) in [6.07, 6.45) is -1.12. The molecule has 2 rings (SSSR count). The Morgan fingerprint density at radius 3 is 2.21 bits per heavy atom. The molecule has 0 bridgehead atoms. The van der Waals surface area contributed by atoms with Crippen molar-refractivity contribution in [1.29, 1.82) is 0 Å². The molecule has 2 aliphatic rings. The van der Waals surface area contributed by atoms with Crippen LogP contribution in [0.5, 0.6) is 0 Å². The monoisotopic (exact) mass is 414 g/mol. The molecule has 0 spiro atoms. The Balaban J connectivity index is 2.45. The molecule has 2 unspecified atom stereocenters. The molecule has 0 N–H and O–H groups in total. The highest BCUT2D eigenvalue weighted by Crippen LogP contribution is 2.61. The third kappa shape index (κ3) is 3.56. The molecule has 0 amide bonds. The summed E-state index contributed by atoms with van der Waals surface area (Å²) >= 11 is 0. The van der Waals surface area contributed by atoms with E-state index < -0.39 is 48.1 Å². The molecule has 4 nitrogen and oxygen atoms in total. The van der Waals surface area contributed by atoms with Gasteiger partial charge in [0.05, 0.1) is 13.2 Å². The zero-order valence-corrected chi connectivity index (χ0v) is 16.3. The fraction of sp³-hybridized carbons (Fsp3) is 0.842. The van der Waals surface area contributed by atoms with Gasteiger partial charge in [-0.25, -0.2) is 4.79 Å². The van der Waals surface area contributed by atoms with Crippen molar-refractivity contribution in [3.63, 3.8) is 0 Å². The lowest BCUT2D eigenvalue weighted by Gasteiger charge is -2.46. The van der Waals surface area contributed by atoms with E-state index in [9.17, 15) is 18.0 Å². The van der Waals surface area contributed by atoms with Crippen molar-refractivity contribution in [2.75, 3.05) is 13.2 Å². The van der Waals surface area contributed by atoms with Gasteiger partial charge in [0.15, 0.2) is 0 Å². The van der Waals surface area contributed by atoms with Crippen LogP contribution in [0, 0.1) is 11.3 Å². The zero-order valence-electron chi connectivity index (χ0n) is 16.3. The van der Waals surface area contributed by atoms with Crippen molar-refractivity contribution in [3.8, 4) is 0 Å². The van der Waals surface area contributed by atoms with Crippen LogP contribution in [-0.4, -0.2) is 42.7 Å². The van der Waals surface area contributed by atoms with E-state index >= 15 is 8.78 Å². The highest BCUT2D eigenvalue weighted by molar-refractivity contribution is 5.81. The van der Waals surface area contributed by atoms with Crippen LogP contribution in [0.3, 0.4) is 0 Å². The van der Waals surface area contributed by atoms with Gasteiger partial charge in [0.2, 0.25) is 5.60 Å². The Morgan fingerprint density at radius 1 is 1.18 bits per heavy atom. The van der Waals surface area contributed by atoms with E-state index in [4.69, 9.17) is 14.2 Å². The van der Waals surface area contributed by atoms with E-state index in [0.29, 0.717) is 18.9 Å². The number of rotatable bonds is 5. The predicted molar refractivity (Wildman–Crippen MR) is 90.7 cm³/mol. The van der Waals surface area contributed by atoms with Crippen molar-refractivity contribution in [3.05, 3.63) is 12.7 Å². The normalized spacial score (nSPS) is 31.6. The molecule has 1 saturated heterocycles. The Kier molecular flexibility index (Phi) is 6.22. The van der Waals surface area contributed by atoms with Gasteiger partial charge >= 0.3 is 23.9 Å². The quantitative estimate of drug-likeness (QED) is 0.360. The Morgan fingerprint density at radius 2 is 1.75 bits per heavy atom. The van der Waals surface area contributed by atoms with Gasteiger partial charge in [0.1, 0.15) is 0 Å². The van der Waals surface area contributed by atoms with Crippen molar-refractivity contribution in [1.82, 2.24) is 0 Å². The van der Waals surface area contributed by atoms with Crippen molar-refractivity contribution in [2.45, 2.75) is 76.4 Å². The molecule has 0 aromatic heterocycles. The maximum Gasteiger partial charge on any atom is 0.450 e. The van der Waals surface area contributed by atoms with E-state index in [1.807, 2.05) is 0 Å². The first kappa shape index (κ1) is 23.1. The van der Waals surface area contributed by atoms with Gasteiger partial charge in [-0.1, -0.05) is 46.6 Å². The topological polar surface area (TPSA) is 44.8 Å². The van der Waals surface area contributed by atoms with E-state index in [-0.39, 0.29) is 5.92 Å². The Bertz CT molecular complexity index is 592. The molecule has 28 heavy (non-hydrogen) atoms. The van der Waals surface area contributed by atoms with E-state index in [1.54, 1.807) is 0 Å². The maximum absolute atomic E-state index is 15.5. The Hall–Kier alpha value is -1.22. The fourth-order valence-corrected chi connectivity index (χ4v) is 3.86. The lowest BCUT2D eigenvalue weighted by Crippen LogP contribution is -2.69. The third-order valence-electron chi connectivity index (χ3n) is 5.67. The summed E-state index contributed by atoms with van der Waals surface area (Å²) in [6, 6.07) is 0. The van der Waals surface area contributed by atoms with Crippen LogP contribution in [0.25, 0.3) is 0 Å². The van der Waals surface area contributed by atoms with Gasteiger partial charge in [0.25, 0.3) is 0 Å². The minimum atomic E-state index is -5.54. The molecule has 1 aliphatic heterocycles. The summed E-state index contributed by atoms with van der Waals surface area (Å²) in [5.41, 5.74) is -4.47. The van der Waals surface area contributed by atoms with E-state index in [2.05, 4.69) is 6.58 Å². The van der Waals surface area contributed by atoms with Crippen LogP contribution in [0.2, 0.25) is 0 Å². The molecule has 0 radical (unpaired) electrons. The van der Waals surface area contributed by atoms with Gasteiger partial charge < -0.3 is 14.2 Å².